The Labute approximate surface area is 148 Å². The van der Waals surface area contributed by atoms with Crippen molar-refractivity contribution in [1.82, 2.24) is 9.78 Å². The second kappa shape index (κ2) is 7.66. The molecule has 0 radical (unpaired) electrons. The lowest BCUT2D eigenvalue weighted by molar-refractivity contribution is 0.867. The van der Waals surface area contributed by atoms with Gasteiger partial charge in [-0.3, -0.25) is 0 Å². The molecule has 0 fully saturated rings. The molecule has 0 bridgehead atoms. The van der Waals surface area contributed by atoms with Crippen LogP contribution in [-0.2, 0) is 6.54 Å². The number of aliphatic imine (C=N–C) groups is 1. The summed E-state index contributed by atoms with van der Waals surface area (Å²) < 4.78 is 1.83. The predicted octanol–water partition coefficient (Wildman–Crippen LogP) is 3.92. The van der Waals surface area contributed by atoms with Gasteiger partial charge >= 0.3 is 0 Å². The van der Waals surface area contributed by atoms with Gasteiger partial charge in [0, 0.05) is 17.4 Å². The molecule has 0 unspecified atom stereocenters. The Balaban J connectivity index is 1.64. The molecular formula is C20H23N5. The molecule has 0 saturated heterocycles. The van der Waals surface area contributed by atoms with Crippen molar-refractivity contribution in [3.05, 3.63) is 78.1 Å². The van der Waals surface area contributed by atoms with Gasteiger partial charge in [0.25, 0.3) is 0 Å². The molecule has 3 aromatic rings. The lowest BCUT2D eigenvalue weighted by atomic mass is 10.0. The van der Waals surface area contributed by atoms with Gasteiger partial charge in [0.05, 0.1) is 18.4 Å². The SMILES string of the molecule is CC(C)c1cccc(NC(N)=NCc2cnn(-c3ccccc3)c2)c1. The second-order valence-corrected chi connectivity index (χ2v) is 6.24. The highest BCUT2D eigenvalue weighted by Gasteiger charge is 2.03. The zero-order chi connectivity index (χ0) is 17.6. The van der Waals surface area contributed by atoms with E-state index in [1.54, 1.807) is 0 Å². The molecule has 0 aliphatic heterocycles. The van der Waals surface area contributed by atoms with Gasteiger partial charge in [0.15, 0.2) is 5.96 Å². The number of anilines is 1. The minimum atomic E-state index is 0.397. The third-order valence-corrected chi connectivity index (χ3v) is 3.91. The van der Waals surface area contributed by atoms with Crippen LogP contribution in [0.15, 0.2) is 72.0 Å². The Morgan fingerprint density at radius 3 is 2.72 bits per heavy atom. The maximum Gasteiger partial charge on any atom is 0.193 e. The van der Waals surface area contributed by atoms with Crippen molar-refractivity contribution in [1.29, 1.82) is 0 Å². The fourth-order valence-corrected chi connectivity index (χ4v) is 2.50. The van der Waals surface area contributed by atoms with Gasteiger partial charge < -0.3 is 11.1 Å². The standard InChI is InChI=1S/C20H23N5/c1-15(2)17-7-6-8-18(11-17)24-20(21)22-12-16-13-23-25(14-16)19-9-4-3-5-10-19/h3-11,13-15H,12H2,1-2H3,(H3,21,22,24). The Morgan fingerprint density at radius 2 is 1.96 bits per heavy atom. The third-order valence-electron chi connectivity index (χ3n) is 3.91. The number of nitrogens with zero attached hydrogens (tertiary/aromatic N) is 3. The first-order chi connectivity index (χ1) is 12.1. The minimum absolute atomic E-state index is 0.397. The summed E-state index contributed by atoms with van der Waals surface area (Å²) in [6.45, 7) is 4.82. The van der Waals surface area contributed by atoms with E-state index in [-0.39, 0.29) is 0 Å². The van der Waals surface area contributed by atoms with E-state index in [9.17, 15) is 0 Å². The number of hydrogen-bond donors (Lipinski definition) is 2. The van der Waals surface area contributed by atoms with Crippen LogP contribution >= 0.6 is 0 Å². The van der Waals surface area contributed by atoms with Crippen LogP contribution in [0.5, 0.6) is 0 Å². The van der Waals surface area contributed by atoms with Gasteiger partial charge in [-0.2, -0.15) is 5.10 Å². The highest BCUT2D eigenvalue weighted by molar-refractivity contribution is 5.92. The van der Waals surface area contributed by atoms with Crippen molar-refractivity contribution >= 4 is 11.6 Å². The lowest BCUT2D eigenvalue weighted by Crippen LogP contribution is -2.22. The molecule has 5 nitrogen and oxygen atoms in total. The fraction of sp³-hybridized carbons (Fsp3) is 0.200. The molecule has 0 atom stereocenters. The van der Waals surface area contributed by atoms with Crippen LogP contribution in [-0.4, -0.2) is 15.7 Å². The maximum atomic E-state index is 6.01. The molecule has 0 aliphatic rings. The van der Waals surface area contributed by atoms with E-state index in [1.807, 2.05) is 59.5 Å². The Bertz CT molecular complexity index is 849. The normalized spacial score (nSPS) is 11.7. The fourth-order valence-electron chi connectivity index (χ4n) is 2.50. The Hall–Kier alpha value is -3.08. The van der Waals surface area contributed by atoms with E-state index in [2.05, 4.69) is 41.4 Å². The van der Waals surface area contributed by atoms with E-state index in [4.69, 9.17) is 5.73 Å². The van der Waals surface area contributed by atoms with Crippen molar-refractivity contribution in [2.75, 3.05) is 5.32 Å². The van der Waals surface area contributed by atoms with E-state index in [0.717, 1.165) is 16.9 Å². The summed E-state index contributed by atoms with van der Waals surface area (Å²) in [5, 5.41) is 7.51. The summed E-state index contributed by atoms with van der Waals surface area (Å²) in [6.07, 6.45) is 3.77. The molecule has 0 aliphatic carbocycles. The number of benzene rings is 2. The molecule has 25 heavy (non-hydrogen) atoms. The first-order valence-electron chi connectivity index (χ1n) is 8.37. The summed E-state index contributed by atoms with van der Waals surface area (Å²) in [6, 6.07) is 18.2. The molecular weight excluding hydrogens is 310 g/mol. The molecule has 3 N–H and O–H groups in total. The number of rotatable bonds is 5. The topological polar surface area (TPSA) is 68.2 Å². The van der Waals surface area contributed by atoms with Crippen LogP contribution < -0.4 is 11.1 Å². The molecule has 5 heteroatoms. The lowest BCUT2D eigenvalue weighted by Gasteiger charge is -2.09. The first-order valence-corrected chi connectivity index (χ1v) is 8.37. The van der Waals surface area contributed by atoms with Crippen LogP contribution in [0.25, 0.3) is 5.69 Å². The summed E-state index contributed by atoms with van der Waals surface area (Å²) in [4.78, 5) is 4.40. The van der Waals surface area contributed by atoms with Crippen LogP contribution in [0, 0.1) is 0 Å². The number of hydrogen-bond acceptors (Lipinski definition) is 2. The zero-order valence-corrected chi connectivity index (χ0v) is 14.6. The second-order valence-electron chi connectivity index (χ2n) is 6.24. The number of para-hydroxylation sites is 1. The molecule has 2 aromatic carbocycles. The molecule has 0 spiro atoms. The highest BCUT2D eigenvalue weighted by Crippen LogP contribution is 2.18. The van der Waals surface area contributed by atoms with Gasteiger partial charge in [-0.05, 0) is 35.7 Å². The van der Waals surface area contributed by atoms with E-state index < -0.39 is 0 Å². The molecule has 3 rings (SSSR count). The number of guanidine groups is 1. The zero-order valence-electron chi connectivity index (χ0n) is 14.6. The average Bonchev–Trinajstić information content (AvgIpc) is 3.10. The summed E-state index contributed by atoms with van der Waals surface area (Å²) in [5.41, 5.74) is 10.3. The number of aromatic nitrogens is 2. The van der Waals surface area contributed by atoms with Gasteiger partial charge in [-0.1, -0.05) is 44.2 Å². The molecule has 0 amide bonds. The van der Waals surface area contributed by atoms with Crippen molar-refractivity contribution in [2.24, 2.45) is 10.7 Å². The van der Waals surface area contributed by atoms with Gasteiger partial charge in [-0.15, -0.1) is 0 Å². The smallest absolute Gasteiger partial charge is 0.193 e. The first kappa shape index (κ1) is 16.8. The van der Waals surface area contributed by atoms with Crippen molar-refractivity contribution in [2.45, 2.75) is 26.3 Å². The summed E-state index contributed by atoms with van der Waals surface area (Å²) in [7, 11) is 0. The summed E-state index contributed by atoms with van der Waals surface area (Å²) >= 11 is 0. The van der Waals surface area contributed by atoms with E-state index in [0.29, 0.717) is 18.4 Å². The molecule has 1 aromatic heterocycles. The van der Waals surface area contributed by atoms with Crippen molar-refractivity contribution in [3.63, 3.8) is 0 Å². The average molecular weight is 333 g/mol. The highest BCUT2D eigenvalue weighted by atomic mass is 15.3. The van der Waals surface area contributed by atoms with Gasteiger partial charge in [-0.25, -0.2) is 9.67 Å². The van der Waals surface area contributed by atoms with E-state index in [1.165, 1.54) is 5.56 Å². The summed E-state index contributed by atoms with van der Waals surface area (Å²) in [5.74, 6) is 0.872. The monoisotopic (exact) mass is 333 g/mol. The largest absolute Gasteiger partial charge is 0.370 e. The van der Waals surface area contributed by atoms with Gasteiger partial charge in [0.1, 0.15) is 0 Å². The molecule has 1 heterocycles. The number of nitrogens with two attached hydrogens (primary N) is 1. The Kier molecular flexibility index (Phi) is 5.14. The van der Waals surface area contributed by atoms with Gasteiger partial charge in [0.2, 0.25) is 0 Å². The molecule has 128 valence electrons. The Morgan fingerprint density at radius 1 is 1.16 bits per heavy atom. The number of nitrogens with one attached hydrogen (secondary N) is 1. The predicted molar refractivity (Wildman–Crippen MR) is 103 cm³/mol. The molecule has 0 saturated carbocycles. The van der Waals surface area contributed by atoms with Crippen LogP contribution in [0.3, 0.4) is 0 Å². The third kappa shape index (κ3) is 4.47. The van der Waals surface area contributed by atoms with E-state index >= 15 is 0 Å². The maximum absolute atomic E-state index is 6.01. The van der Waals surface area contributed by atoms with Crippen LogP contribution in [0.1, 0.15) is 30.9 Å². The van der Waals surface area contributed by atoms with Crippen molar-refractivity contribution < 1.29 is 0 Å². The van der Waals surface area contributed by atoms with Crippen LogP contribution in [0.4, 0.5) is 5.69 Å². The van der Waals surface area contributed by atoms with Crippen molar-refractivity contribution in [3.8, 4) is 5.69 Å². The minimum Gasteiger partial charge on any atom is -0.370 e. The van der Waals surface area contributed by atoms with Crippen LogP contribution in [0.2, 0.25) is 0 Å². The quantitative estimate of drug-likeness (QED) is 0.549.